The molecule has 1 nitrogen and oxygen atoms in total. The van der Waals surface area contributed by atoms with Crippen molar-refractivity contribution >= 4 is 17.4 Å². The first-order valence-corrected chi connectivity index (χ1v) is 3.78. The summed E-state index contributed by atoms with van der Waals surface area (Å²) in [6.45, 7) is 5.90. The van der Waals surface area contributed by atoms with E-state index in [2.05, 4.69) is 6.92 Å². The van der Waals surface area contributed by atoms with Crippen LogP contribution in [0.3, 0.4) is 0 Å². The first-order chi connectivity index (χ1) is 4.06. The Bertz CT molecular complexity index is 66.1. The van der Waals surface area contributed by atoms with Crippen molar-refractivity contribution in [2.45, 2.75) is 52.1 Å². The third-order valence-corrected chi connectivity index (χ3v) is 1.39. The molecule has 0 unspecified atom stereocenters. The third-order valence-electron chi connectivity index (χ3n) is 1.39. The summed E-state index contributed by atoms with van der Waals surface area (Å²) in [5, 5.41) is 9.24. The maximum atomic E-state index is 9.24. The molecule has 0 heterocycles. The summed E-state index contributed by atoms with van der Waals surface area (Å²) in [6, 6.07) is 0. The first-order valence-electron chi connectivity index (χ1n) is 3.78. The molecule has 0 rings (SSSR count). The predicted octanol–water partition coefficient (Wildman–Crippen LogP) is 1.15. The highest BCUT2D eigenvalue weighted by Gasteiger charge is 2.10. The van der Waals surface area contributed by atoms with E-state index in [1.165, 1.54) is 12.8 Å². The molecule has 0 aromatic rings. The smallest absolute Gasteiger partial charge is 0.187 e. The minimum absolute atomic E-state index is 0. The van der Waals surface area contributed by atoms with Gasteiger partial charge in [0.1, 0.15) is 0 Å². The molecular weight excluding hydrogens is 139 g/mol. The van der Waals surface area contributed by atoms with Crippen LogP contribution in [0.1, 0.15) is 46.5 Å². The Balaban J connectivity index is 0. The van der Waals surface area contributed by atoms with E-state index in [1.54, 1.807) is 0 Å². The number of aliphatic hydroxyl groups is 1. The molecule has 0 spiro atoms. The summed E-state index contributed by atoms with van der Waals surface area (Å²) in [7, 11) is 0. The molecule has 62 valence electrons. The standard InChI is InChI=1S/C8H18O.Al.3H/c1-4-5-6-7-8(2,3)9;;;;/h9H,4-7H2,1-3H3;;;;. The summed E-state index contributed by atoms with van der Waals surface area (Å²) in [6.07, 6.45) is 4.56. The van der Waals surface area contributed by atoms with Gasteiger partial charge < -0.3 is 5.11 Å². The van der Waals surface area contributed by atoms with Crippen molar-refractivity contribution in [3.05, 3.63) is 0 Å². The molecule has 10 heavy (non-hydrogen) atoms. The Morgan fingerprint density at radius 2 is 1.70 bits per heavy atom. The number of rotatable bonds is 4. The SMILES string of the molecule is CCCCCC(C)(C)O.[AlH3]. The molecule has 0 aliphatic rings. The lowest BCUT2D eigenvalue weighted by atomic mass is 10.0. The molecule has 2 heteroatoms. The number of hydrogen-bond donors (Lipinski definition) is 1. The molecule has 0 saturated heterocycles. The molecule has 1 N–H and O–H groups in total. The van der Waals surface area contributed by atoms with Crippen LogP contribution in [0.5, 0.6) is 0 Å². The van der Waals surface area contributed by atoms with Gasteiger partial charge in [0.05, 0.1) is 5.60 Å². The Morgan fingerprint density at radius 1 is 1.20 bits per heavy atom. The lowest BCUT2D eigenvalue weighted by Gasteiger charge is -2.15. The second-order valence-electron chi connectivity index (χ2n) is 3.27. The first kappa shape index (κ1) is 13.1. The fourth-order valence-electron chi connectivity index (χ4n) is 0.808. The summed E-state index contributed by atoms with van der Waals surface area (Å²) >= 11 is 0. The van der Waals surface area contributed by atoms with Gasteiger partial charge >= 0.3 is 0 Å². The Hall–Kier alpha value is 0.492. The lowest BCUT2D eigenvalue weighted by molar-refractivity contribution is 0.0682. The highest BCUT2D eigenvalue weighted by atomic mass is 27.0. The van der Waals surface area contributed by atoms with Gasteiger partial charge in [-0.3, -0.25) is 0 Å². The normalized spacial score (nSPS) is 10.8. The van der Waals surface area contributed by atoms with Crippen LogP contribution in [0.25, 0.3) is 0 Å². The van der Waals surface area contributed by atoms with Crippen molar-refractivity contribution < 1.29 is 5.11 Å². The van der Waals surface area contributed by atoms with Gasteiger partial charge in [0.2, 0.25) is 0 Å². The summed E-state index contributed by atoms with van der Waals surface area (Å²) in [5.41, 5.74) is -0.449. The molecule has 0 aliphatic carbocycles. The van der Waals surface area contributed by atoms with Crippen molar-refractivity contribution in [3.8, 4) is 0 Å². The van der Waals surface area contributed by atoms with E-state index >= 15 is 0 Å². The molecule has 0 fully saturated rings. The van der Waals surface area contributed by atoms with E-state index in [9.17, 15) is 5.11 Å². The lowest BCUT2D eigenvalue weighted by Crippen LogP contribution is -2.17. The molecule has 0 aromatic carbocycles. The monoisotopic (exact) mass is 160 g/mol. The van der Waals surface area contributed by atoms with E-state index < -0.39 is 5.60 Å². The molecule has 0 amide bonds. The highest BCUT2D eigenvalue weighted by molar-refractivity contribution is 5.75. The highest BCUT2D eigenvalue weighted by Crippen LogP contribution is 2.12. The Labute approximate surface area is 75.0 Å². The predicted molar refractivity (Wildman–Crippen MR) is 50.4 cm³/mol. The zero-order valence-electron chi connectivity index (χ0n) is 6.78. The van der Waals surface area contributed by atoms with Crippen LogP contribution in [-0.2, 0) is 0 Å². The zero-order valence-corrected chi connectivity index (χ0v) is 6.78. The maximum absolute atomic E-state index is 9.24. The van der Waals surface area contributed by atoms with E-state index in [4.69, 9.17) is 0 Å². The average molecular weight is 160 g/mol. The largest absolute Gasteiger partial charge is 0.390 e. The summed E-state index contributed by atoms with van der Waals surface area (Å²) in [4.78, 5) is 0. The Kier molecular flexibility index (Phi) is 8.15. The molecule has 0 aliphatic heterocycles. The third kappa shape index (κ3) is 11.3. The van der Waals surface area contributed by atoms with Crippen molar-refractivity contribution in [3.63, 3.8) is 0 Å². The van der Waals surface area contributed by atoms with E-state index in [1.807, 2.05) is 13.8 Å². The van der Waals surface area contributed by atoms with Crippen LogP contribution in [0.4, 0.5) is 0 Å². The van der Waals surface area contributed by atoms with Crippen LogP contribution in [0, 0.1) is 0 Å². The molecule has 0 aromatic heterocycles. The molecule has 0 saturated carbocycles. The van der Waals surface area contributed by atoms with Gasteiger partial charge in [-0.15, -0.1) is 0 Å². The molecule has 0 radical (unpaired) electrons. The van der Waals surface area contributed by atoms with Gasteiger partial charge in [-0.25, -0.2) is 0 Å². The van der Waals surface area contributed by atoms with E-state index in [-0.39, 0.29) is 17.4 Å². The number of hydrogen-bond acceptors (Lipinski definition) is 1. The van der Waals surface area contributed by atoms with Gasteiger partial charge in [0.25, 0.3) is 0 Å². The average Bonchev–Trinajstić information content (AvgIpc) is 1.63. The summed E-state index contributed by atoms with van der Waals surface area (Å²) in [5.74, 6) is 0. The fourth-order valence-corrected chi connectivity index (χ4v) is 0.808. The Morgan fingerprint density at radius 3 is 2.00 bits per heavy atom. The quantitative estimate of drug-likeness (QED) is 0.483. The second-order valence-corrected chi connectivity index (χ2v) is 3.27. The van der Waals surface area contributed by atoms with Crippen molar-refractivity contribution in [1.29, 1.82) is 0 Å². The maximum Gasteiger partial charge on any atom is 0.187 e. The molecule has 0 bridgehead atoms. The van der Waals surface area contributed by atoms with E-state index in [0.29, 0.717) is 0 Å². The number of unbranched alkanes of at least 4 members (excludes halogenated alkanes) is 2. The summed E-state index contributed by atoms with van der Waals surface area (Å²) < 4.78 is 0. The minimum atomic E-state index is -0.449. The molecular formula is C8H21AlO. The van der Waals surface area contributed by atoms with Gasteiger partial charge in [0, 0.05) is 0 Å². The van der Waals surface area contributed by atoms with Crippen LogP contribution in [-0.4, -0.2) is 28.1 Å². The van der Waals surface area contributed by atoms with Gasteiger partial charge in [0.15, 0.2) is 17.4 Å². The van der Waals surface area contributed by atoms with Gasteiger partial charge in [-0.2, -0.15) is 0 Å². The van der Waals surface area contributed by atoms with E-state index in [0.717, 1.165) is 12.8 Å². The fraction of sp³-hybridized carbons (Fsp3) is 1.00. The van der Waals surface area contributed by atoms with Crippen molar-refractivity contribution in [1.82, 2.24) is 0 Å². The van der Waals surface area contributed by atoms with Crippen LogP contribution < -0.4 is 0 Å². The molecule has 0 atom stereocenters. The second kappa shape index (κ2) is 6.22. The topological polar surface area (TPSA) is 20.2 Å². The van der Waals surface area contributed by atoms with Crippen molar-refractivity contribution in [2.24, 2.45) is 0 Å². The van der Waals surface area contributed by atoms with Crippen LogP contribution in [0.2, 0.25) is 0 Å². The zero-order chi connectivity index (χ0) is 7.33. The van der Waals surface area contributed by atoms with Gasteiger partial charge in [-0.1, -0.05) is 26.2 Å². The van der Waals surface area contributed by atoms with Crippen LogP contribution in [0.15, 0.2) is 0 Å². The van der Waals surface area contributed by atoms with Gasteiger partial charge in [-0.05, 0) is 20.3 Å². The minimum Gasteiger partial charge on any atom is -0.390 e. The van der Waals surface area contributed by atoms with Crippen molar-refractivity contribution in [2.75, 3.05) is 0 Å². The van der Waals surface area contributed by atoms with Crippen LogP contribution >= 0.6 is 0 Å².